The van der Waals surface area contributed by atoms with E-state index in [1.54, 1.807) is 6.20 Å². The first-order valence-corrected chi connectivity index (χ1v) is 10.8. The van der Waals surface area contributed by atoms with Gasteiger partial charge in [0, 0.05) is 34.4 Å². The first-order valence-electron chi connectivity index (χ1n) is 9.56. The second-order valence-electron chi connectivity index (χ2n) is 6.99. The lowest BCUT2D eigenvalue weighted by Gasteiger charge is -2.29. The zero-order chi connectivity index (χ0) is 20.5. The average Bonchev–Trinajstić information content (AvgIpc) is 3.40. The van der Waals surface area contributed by atoms with E-state index in [9.17, 15) is 0 Å². The number of rotatable bonds is 4. The zero-order valence-corrected chi connectivity index (χ0v) is 18.3. The fraction of sp³-hybridized carbons (Fsp3) is 0.0870. The van der Waals surface area contributed by atoms with Gasteiger partial charge in [0.25, 0.3) is 0 Å². The van der Waals surface area contributed by atoms with E-state index in [0.29, 0.717) is 5.11 Å². The SMILES string of the molecule is S=C1NC(c2ccccn2)C(c2cccn2-c2cccnc2)N1c1ccc(Br)cc1. The molecule has 30 heavy (non-hydrogen) atoms. The summed E-state index contributed by atoms with van der Waals surface area (Å²) >= 11 is 9.32. The molecule has 148 valence electrons. The topological polar surface area (TPSA) is 46.0 Å². The summed E-state index contributed by atoms with van der Waals surface area (Å²) < 4.78 is 3.19. The van der Waals surface area contributed by atoms with E-state index in [4.69, 9.17) is 12.2 Å². The largest absolute Gasteiger partial charge is 0.351 e. The molecule has 0 aliphatic carbocycles. The van der Waals surface area contributed by atoms with E-state index in [2.05, 4.69) is 77.2 Å². The van der Waals surface area contributed by atoms with Crippen LogP contribution in [-0.2, 0) is 0 Å². The van der Waals surface area contributed by atoms with Crippen LogP contribution in [0.15, 0.2) is 96.0 Å². The highest BCUT2D eigenvalue weighted by Crippen LogP contribution is 2.42. The number of hydrogen-bond donors (Lipinski definition) is 1. The fourth-order valence-electron chi connectivity index (χ4n) is 3.90. The van der Waals surface area contributed by atoms with Gasteiger partial charge in [0.1, 0.15) is 6.04 Å². The molecule has 5 rings (SSSR count). The Morgan fingerprint density at radius 1 is 0.900 bits per heavy atom. The number of halogens is 1. The molecule has 4 heterocycles. The van der Waals surface area contributed by atoms with Gasteiger partial charge in [-0.05, 0) is 72.9 Å². The molecule has 7 heteroatoms. The zero-order valence-electron chi connectivity index (χ0n) is 15.9. The Hall–Kier alpha value is -3.03. The number of anilines is 1. The summed E-state index contributed by atoms with van der Waals surface area (Å²) in [6.07, 6.45) is 7.52. The van der Waals surface area contributed by atoms with E-state index >= 15 is 0 Å². The predicted molar refractivity (Wildman–Crippen MR) is 126 cm³/mol. The molecule has 2 atom stereocenters. The molecule has 1 aliphatic rings. The molecule has 3 aromatic heterocycles. The van der Waals surface area contributed by atoms with Gasteiger partial charge in [-0.15, -0.1) is 0 Å². The summed E-state index contributed by atoms with van der Waals surface area (Å²) in [6, 6.07) is 22.2. The molecule has 0 amide bonds. The summed E-state index contributed by atoms with van der Waals surface area (Å²) in [4.78, 5) is 11.1. The van der Waals surface area contributed by atoms with Crippen LogP contribution in [0.25, 0.3) is 5.69 Å². The highest BCUT2D eigenvalue weighted by Gasteiger charge is 2.42. The van der Waals surface area contributed by atoms with Crippen molar-refractivity contribution in [3.63, 3.8) is 0 Å². The number of benzene rings is 1. The minimum atomic E-state index is -0.0901. The van der Waals surface area contributed by atoms with Crippen LogP contribution < -0.4 is 10.2 Å². The molecule has 0 radical (unpaired) electrons. The van der Waals surface area contributed by atoms with Crippen LogP contribution in [-0.4, -0.2) is 19.6 Å². The van der Waals surface area contributed by atoms with Crippen molar-refractivity contribution in [2.75, 3.05) is 4.90 Å². The standard InChI is InChI=1S/C23H18BrN5S/c24-16-8-10-17(11-9-16)29-22(21(27-23(29)30)19-6-1-2-13-26-19)20-7-4-14-28(20)18-5-3-12-25-15-18/h1-15,21-22H,(H,27,30). The van der Waals surface area contributed by atoms with Crippen LogP contribution >= 0.6 is 28.1 Å². The van der Waals surface area contributed by atoms with Crippen molar-refractivity contribution >= 4 is 38.9 Å². The maximum Gasteiger partial charge on any atom is 0.174 e. The Morgan fingerprint density at radius 3 is 2.50 bits per heavy atom. The van der Waals surface area contributed by atoms with Crippen molar-refractivity contribution in [1.82, 2.24) is 19.9 Å². The van der Waals surface area contributed by atoms with Crippen molar-refractivity contribution in [2.45, 2.75) is 12.1 Å². The molecule has 0 saturated carbocycles. The second-order valence-corrected chi connectivity index (χ2v) is 8.29. The van der Waals surface area contributed by atoms with Gasteiger partial charge in [-0.3, -0.25) is 9.97 Å². The minimum absolute atomic E-state index is 0.0798. The van der Waals surface area contributed by atoms with Crippen molar-refractivity contribution in [3.8, 4) is 5.69 Å². The predicted octanol–water partition coefficient (Wildman–Crippen LogP) is 5.21. The van der Waals surface area contributed by atoms with Gasteiger partial charge < -0.3 is 14.8 Å². The number of nitrogens with zero attached hydrogens (tertiary/aromatic N) is 4. The molecule has 0 spiro atoms. The number of pyridine rings is 2. The smallest absolute Gasteiger partial charge is 0.174 e. The summed E-state index contributed by atoms with van der Waals surface area (Å²) in [7, 11) is 0. The number of thiocarbonyl (C=S) groups is 1. The molecule has 1 N–H and O–H groups in total. The number of aromatic nitrogens is 3. The summed E-state index contributed by atoms with van der Waals surface area (Å²) in [5.74, 6) is 0. The van der Waals surface area contributed by atoms with Crippen molar-refractivity contribution < 1.29 is 0 Å². The summed E-state index contributed by atoms with van der Waals surface area (Å²) in [6.45, 7) is 0. The van der Waals surface area contributed by atoms with Crippen LogP contribution in [0.3, 0.4) is 0 Å². The van der Waals surface area contributed by atoms with E-state index < -0.39 is 0 Å². The molecular formula is C23H18BrN5S. The maximum atomic E-state index is 5.80. The third-order valence-electron chi connectivity index (χ3n) is 5.21. The average molecular weight is 476 g/mol. The Bertz CT molecular complexity index is 1160. The van der Waals surface area contributed by atoms with Gasteiger partial charge in [-0.25, -0.2) is 0 Å². The monoisotopic (exact) mass is 475 g/mol. The second kappa shape index (κ2) is 8.01. The molecule has 1 aromatic carbocycles. The molecule has 0 bridgehead atoms. The third-order valence-corrected chi connectivity index (χ3v) is 6.05. The Balaban J connectivity index is 1.67. The lowest BCUT2D eigenvalue weighted by molar-refractivity contribution is 0.549. The Kier molecular flexibility index (Phi) is 5.06. The Labute approximate surface area is 188 Å². The first kappa shape index (κ1) is 19.0. The van der Waals surface area contributed by atoms with E-state index in [1.807, 2.05) is 48.8 Å². The summed E-state index contributed by atoms with van der Waals surface area (Å²) in [5.41, 5.74) is 4.08. The van der Waals surface area contributed by atoms with Gasteiger partial charge >= 0.3 is 0 Å². The molecule has 1 saturated heterocycles. The van der Waals surface area contributed by atoms with E-state index in [-0.39, 0.29) is 12.1 Å². The molecule has 2 unspecified atom stereocenters. The molecular weight excluding hydrogens is 458 g/mol. The van der Waals surface area contributed by atoms with E-state index in [0.717, 1.165) is 27.2 Å². The van der Waals surface area contributed by atoms with Crippen LogP contribution in [0.1, 0.15) is 23.5 Å². The number of hydrogen-bond acceptors (Lipinski definition) is 3. The first-order chi connectivity index (χ1) is 14.7. The maximum absolute atomic E-state index is 5.80. The van der Waals surface area contributed by atoms with Crippen LogP contribution in [0, 0.1) is 0 Å². The Morgan fingerprint density at radius 2 is 1.77 bits per heavy atom. The highest BCUT2D eigenvalue weighted by molar-refractivity contribution is 9.10. The summed E-state index contributed by atoms with van der Waals surface area (Å²) in [5, 5.41) is 4.18. The quantitative estimate of drug-likeness (QED) is 0.410. The van der Waals surface area contributed by atoms with Gasteiger partial charge in [0.15, 0.2) is 5.11 Å². The highest BCUT2D eigenvalue weighted by atomic mass is 79.9. The van der Waals surface area contributed by atoms with Gasteiger partial charge in [0.2, 0.25) is 0 Å². The van der Waals surface area contributed by atoms with Crippen molar-refractivity contribution in [1.29, 1.82) is 0 Å². The van der Waals surface area contributed by atoms with Gasteiger partial charge in [0.05, 0.1) is 23.6 Å². The molecule has 5 nitrogen and oxygen atoms in total. The lowest BCUT2D eigenvalue weighted by atomic mass is 10.0. The molecule has 1 aliphatic heterocycles. The fourth-order valence-corrected chi connectivity index (χ4v) is 4.51. The molecule has 4 aromatic rings. The molecule has 1 fully saturated rings. The third kappa shape index (κ3) is 3.40. The number of nitrogens with one attached hydrogen (secondary N) is 1. The van der Waals surface area contributed by atoms with Gasteiger partial charge in [-0.2, -0.15) is 0 Å². The van der Waals surface area contributed by atoms with Crippen LogP contribution in [0.5, 0.6) is 0 Å². The lowest BCUT2D eigenvalue weighted by Crippen LogP contribution is -2.30. The minimum Gasteiger partial charge on any atom is -0.351 e. The van der Waals surface area contributed by atoms with Gasteiger partial charge in [-0.1, -0.05) is 22.0 Å². The normalized spacial score (nSPS) is 18.4. The van der Waals surface area contributed by atoms with E-state index in [1.165, 1.54) is 0 Å². The van der Waals surface area contributed by atoms with Crippen LogP contribution in [0.4, 0.5) is 5.69 Å². The van der Waals surface area contributed by atoms with Crippen molar-refractivity contribution in [2.24, 2.45) is 0 Å². The van der Waals surface area contributed by atoms with Crippen molar-refractivity contribution in [3.05, 3.63) is 107 Å². The van der Waals surface area contributed by atoms with Crippen LogP contribution in [0.2, 0.25) is 0 Å².